The van der Waals surface area contributed by atoms with Gasteiger partial charge in [0.1, 0.15) is 0 Å². The van der Waals surface area contributed by atoms with Gasteiger partial charge >= 0.3 is 0 Å². The van der Waals surface area contributed by atoms with Gasteiger partial charge in [0.15, 0.2) is 0 Å². The highest BCUT2D eigenvalue weighted by molar-refractivity contribution is 5.35. The van der Waals surface area contributed by atoms with Crippen molar-refractivity contribution in [1.29, 1.82) is 0 Å². The Labute approximate surface area is 150 Å². The van der Waals surface area contributed by atoms with Gasteiger partial charge < -0.3 is 9.84 Å². The smallest absolute Gasteiger partial charge is 0.0788 e. The minimum absolute atomic E-state index is 0.0555. The fraction of sp³-hybridized carbons (Fsp3) is 0.714. The van der Waals surface area contributed by atoms with E-state index in [9.17, 15) is 5.11 Å². The maximum Gasteiger partial charge on any atom is 0.0788 e. The second-order valence-corrected chi connectivity index (χ2v) is 9.81. The summed E-state index contributed by atoms with van der Waals surface area (Å²) >= 11 is 0. The fourth-order valence-electron chi connectivity index (χ4n) is 6.53. The predicted octanol–water partition coefficient (Wildman–Crippen LogP) is 2.22. The van der Waals surface area contributed by atoms with Gasteiger partial charge in [-0.05, 0) is 19.4 Å². The van der Waals surface area contributed by atoms with Gasteiger partial charge in [0.05, 0.1) is 24.0 Å². The Bertz CT molecular complexity index is 670. The lowest BCUT2D eigenvalue weighted by Gasteiger charge is -2.74. The van der Waals surface area contributed by atoms with Crippen molar-refractivity contribution in [3.8, 4) is 0 Å². The number of rotatable bonds is 1. The molecule has 1 N–H and O–H groups in total. The number of piperidine rings is 2. The first kappa shape index (κ1) is 16.2. The summed E-state index contributed by atoms with van der Waals surface area (Å²) in [6.45, 7) is 11.5. The minimum atomic E-state index is -0.278. The quantitative estimate of drug-likeness (QED) is 0.849. The topological polar surface area (TPSA) is 35.9 Å². The van der Waals surface area contributed by atoms with Crippen LogP contribution in [0, 0.1) is 5.41 Å². The molecule has 25 heavy (non-hydrogen) atoms. The Kier molecular flexibility index (Phi) is 3.16. The summed E-state index contributed by atoms with van der Waals surface area (Å²) in [6, 6.07) is 10.7. The number of hydrogen-bond donors (Lipinski definition) is 1. The molecule has 4 nitrogen and oxygen atoms in total. The summed E-state index contributed by atoms with van der Waals surface area (Å²) in [5, 5.41) is 11.4. The van der Waals surface area contributed by atoms with Gasteiger partial charge in [0, 0.05) is 49.9 Å². The lowest BCUT2D eigenvalue weighted by atomic mass is 9.55. The molecule has 1 aromatic rings. The first-order valence-electron chi connectivity index (χ1n) is 9.68. The molecular weight excluding hydrogens is 312 g/mol. The number of hydrogen-bond acceptors (Lipinski definition) is 4. The zero-order chi connectivity index (χ0) is 17.5. The molecule has 2 unspecified atom stereocenters. The third-order valence-corrected chi connectivity index (χ3v) is 7.46. The molecule has 0 aliphatic carbocycles. The molecule has 0 amide bonds. The molecule has 5 fully saturated rings. The van der Waals surface area contributed by atoms with E-state index in [1.165, 1.54) is 5.56 Å². The highest BCUT2D eigenvalue weighted by atomic mass is 16.5. The molecule has 0 radical (unpaired) electrons. The van der Waals surface area contributed by atoms with Gasteiger partial charge in [-0.25, -0.2) is 0 Å². The summed E-state index contributed by atoms with van der Waals surface area (Å²) in [5.41, 5.74) is 1.11. The van der Waals surface area contributed by atoms with Crippen molar-refractivity contribution in [1.82, 2.24) is 9.80 Å². The van der Waals surface area contributed by atoms with Crippen LogP contribution in [0.2, 0.25) is 0 Å². The molecule has 5 heterocycles. The average molecular weight is 342 g/mol. The molecule has 5 aliphatic heterocycles. The van der Waals surface area contributed by atoms with Gasteiger partial charge in [0.25, 0.3) is 0 Å². The Morgan fingerprint density at radius 1 is 1.00 bits per heavy atom. The minimum Gasteiger partial charge on any atom is -0.391 e. The van der Waals surface area contributed by atoms with Gasteiger partial charge in [-0.3, -0.25) is 9.80 Å². The zero-order valence-electron chi connectivity index (χ0n) is 15.7. The highest BCUT2D eigenvalue weighted by Crippen LogP contribution is 2.58. The van der Waals surface area contributed by atoms with Crippen LogP contribution in [-0.2, 0) is 10.2 Å². The molecule has 4 bridgehead atoms. The summed E-state index contributed by atoms with van der Waals surface area (Å²) < 4.78 is 6.05. The number of nitrogens with zero attached hydrogens (tertiary/aromatic N) is 2. The lowest BCUT2D eigenvalue weighted by Crippen LogP contribution is -2.86. The van der Waals surface area contributed by atoms with E-state index in [2.05, 4.69) is 60.9 Å². The summed E-state index contributed by atoms with van der Waals surface area (Å²) in [5.74, 6) is 0. The maximum atomic E-state index is 11.4. The normalized spacial score (nSPS) is 50.3. The zero-order valence-corrected chi connectivity index (χ0v) is 15.7. The Hall–Kier alpha value is -0.940. The van der Waals surface area contributed by atoms with E-state index >= 15 is 0 Å². The molecule has 0 saturated carbocycles. The fourth-order valence-corrected chi connectivity index (χ4v) is 6.53. The molecule has 136 valence electrons. The van der Waals surface area contributed by atoms with Gasteiger partial charge in [0.2, 0.25) is 0 Å². The molecular formula is C21H30N2O2. The highest BCUT2D eigenvalue weighted by Gasteiger charge is 2.69. The molecule has 4 heteroatoms. The SMILES string of the molecule is CC1(C)CC2(CCO1)N1CC3(C)CN2CC(c2ccccc2)(C1)[C@H]3O. The first-order valence-corrected chi connectivity index (χ1v) is 9.68. The van der Waals surface area contributed by atoms with Crippen molar-refractivity contribution in [2.45, 2.75) is 56.4 Å². The van der Waals surface area contributed by atoms with Gasteiger partial charge in [-0.1, -0.05) is 37.3 Å². The van der Waals surface area contributed by atoms with Crippen LogP contribution in [0.25, 0.3) is 0 Å². The molecule has 5 aliphatic rings. The van der Waals surface area contributed by atoms with E-state index in [4.69, 9.17) is 4.74 Å². The van der Waals surface area contributed by atoms with Crippen LogP contribution < -0.4 is 0 Å². The maximum absolute atomic E-state index is 11.4. The Morgan fingerprint density at radius 3 is 2.24 bits per heavy atom. The van der Waals surface area contributed by atoms with E-state index in [-0.39, 0.29) is 28.2 Å². The van der Waals surface area contributed by atoms with Crippen LogP contribution in [0.3, 0.4) is 0 Å². The van der Waals surface area contributed by atoms with E-state index in [1.807, 2.05) is 0 Å². The van der Waals surface area contributed by atoms with Gasteiger partial charge in [-0.2, -0.15) is 0 Å². The second-order valence-electron chi connectivity index (χ2n) is 9.81. The molecule has 6 rings (SSSR count). The third kappa shape index (κ3) is 2.03. The van der Waals surface area contributed by atoms with Crippen molar-refractivity contribution in [3.05, 3.63) is 35.9 Å². The van der Waals surface area contributed by atoms with Crippen LogP contribution in [0.15, 0.2) is 30.3 Å². The van der Waals surface area contributed by atoms with E-state index in [1.54, 1.807) is 0 Å². The number of aliphatic hydroxyl groups is 1. The van der Waals surface area contributed by atoms with E-state index < -0.39 is 0 Å². The monoisotopic (exact) mass is 342 g/mol. The van der Waals surface area contributed by atoms with Crippen LogP contribution in [-0.4, -0.2) is 65.1 Å². The van der Waals surface area contributed by atoms with Crippen molar-refractivity contribution in [2.75, 3.05) is 32.8 Å². The van der Waals surface area contributed by atoms with Crippen molar-refractivity contribution >= 4 is 0 Å². The summed E-state index contributed by atoms with van der Waals surface area (Å²) in [6.07, 6.45) is 1.85. The standard InChI is InChI=1S/C21H30N2O2/c1-18(2)11-21(9-10-25-18)22-12-19(3)13-23(21)15-20(14-22,17(19)24)16-7-5-4-6-8-16/h4-8,17,24H,9-15H2,1-3H3/t17-,19?,20?,21?/m0/s1. The van der Waals surface area contributed by atoms with E-state index in [0.29, 0.717) is 0 Å². The predicted molar refractivity (Wildman–Crippen MR) is 97.4 cm³/mol. The third-order valence-electron chi connectivity index (χ3n) is 7.46. The molecule has 5 saturated heterocycles. The Balaban J connectivity index is 1.60. The summed E-state index contributed by atoms with van der Waals surface area (Å²) in [7, 11) is 0. The summed E-state index contributed by atoms with van der Waals surface area (Å²) in [4.78, 5) is 5.40. The molecule has 0 aromatic heterocycles. The molecule has 1 spiro atoms. The van der Waals surface area contributed by atoms with Crippen LogP contribution in [0.5, 0.6) is 0 Å². The van der Waals surface area contributed by atoms with Gasteiger partial charge in [-0.15, -0.1) is 0 Å². The largest absolute Gasteiger partial charge is 0.391 e. The van der Waals surface area contributed by atoms with Crippen molar-refractivity contribution < 1.29 is 9.84 Å². The van der Waals surface area contributed by atoms with Crippen LogP contribution >= 0.6 is 0 Å². The van der Waals surface area contributed by atoms with Crippen LogP contribution in [0.1, 0.15) is 39.2 Å². The Morgan fingerprint density at radius 2 is 1.64 bits per heavy atom. The second kappa shape index (κ2) is 4.86. The average Bonchev–Trinajstić information content (AvgIpc) is 2.55. The van der Waals surface area contributed by atoms with Crippen molar-refractivity contribution in [2.24, 2.45) is 5.41 Å². The lowest BCUT2D eigenvalue weighted by molar-refractivity contribution is -0.297. The van der Waals surface area contributed by atoms with Crippen LogP contribution in [0.4, 0.5) is 0 Å². The van der Waals surface area contributed by atoms with E-state index in [0.717, 1.165) is 45.6 Å². The molecule has 1 aromatic carbocycles. The number of benzene rings is 1. The number of ether oxygens (including phenoxy) is 1. The first-order chi connectivity index (χ1) is 11.8. The number of aliphatic hydroxyl groups excluding tert-OH is 1. The molecule has 3 atom stereocenters. The van der Waals surface area contributed by atoms with Crippen molar-refractivity contribution in [3.63, 3.8) is 0 Å².